The first-order valence-electron chi connectivity index (χ1n) is 12.8. The Morgan fingerprint density at radius 2 is 1.00 bits per heavy atom. The minimum Gasteiger partial charge on any atom is -0.289 e. The number of hydrogen-bond acceptors (Lipinski definition) is 2. The topological polar surface area (TPSA) is 34.1 Å². The van der Waals surface area contributed by atoms with Crippen LogP contribution in [0.25, 0.3) is 21.5 Å². The molecule has 2 heteroatoms. The lowest BCUT2D eigenvalue weighted by Crippen LogP contribution is -2.02. The number of hydrogen-bond donors (Lipinski definition) is 0. The zero-order chi connectivity index (χ0) is 26.1. The molecule has 0 fully saturated rings. The van der Waals surface area contributed by atoms with E-state index in [2.05, 4.69) is 30.3 Å². The molecule has 6 aromatic carbocycles. The van der Waals surface area contributed by atoms with E-state index < -0.39 is 0 Å². The van der Waals surface area contributed by atoms with Gasteiger partial charge in [0.25, 0.3) is 0 Å². The summed E-state index contributed by atoms with van der Waals surface area (Å²) in [6, 6.07) is 41.7. The van der Waals surface area contributed by atoms with Gasteiger partial charge in [-0.2, -0.15) is 0 Å². The predicted molar refractivity (Wildman–Crippen MR) is 155 cm³/mol. The number of rotatable bonds is 6. The van der Waals surface area contributed by atoms with Gasteiger partial charge in [0.1, 0.15) is 0 Å². The van der Waals surface area contributed by atoms with E-state index in [0.29, 0.717) is 28.7 Å². The first kappa shape index (κ1) is 23.6. The summed E-state index contributed by atoms with van der Waals surface area (Å²) in [5, 5.41) is 4.31. The molecule has 0 spiro atoms. The summed E-state index contributed by atoms with van der Waals surface area (Å²) in [5.41, 5.74) is 6.09. The first-order chi connectivity index (χ1) is 18.5. The summed E-state index contributed by atoms with van der Waals surface area (Å²) in [4.78, 5) is 26.3. The second kappa shape index (κ2) is 9.91. The van der Waals surface area contributed by atoms with Gasteiger partial charge in [-0.3, -0.25) is 9.59 Å². The van der Waals surface area contributed by atoms with E-state index in [9.17, 15) is 9.59 Å². The zero-order valence-electron chi connectivity index (χ0n) is 21.1. The van der Waals surface area contributed by atoms with E-state index in [1.807, 2.05) is 104 Å². The Bertz CT molecular complexity index is 1830. The van der Waals surface area contributed by atoms with Crippen LogP contribution in [0.2, 0.25) is 0 Å². The Labute approximate surface area is 222 Å². The summed E-state index contributed by atoms with van der Waals surface area (Å²) in [6.07, 6.45) is 0.699. The van der Waals surface area contributed by atoms with Gasteiger partial charge < -0.3 is 0 Å². The van der Waals surface area contributed by atoms with Crippen LogP contribution in [0.15, 0.2) is 127 Å². The molecule has 0 radical (unpaired) electrons. The Balaban J connectivity index is 1.26. The highest BCUT2D eigenvalue weighted by Gasteiger charge is 2.12. The summed E-state index contributed by atoms with van der Waals surface area (Å²) < 4.78 is 0. The van der Waals surface area contributed by atoms with Crippen LogP contribution in [0.5, 0.6) is 0 Å². The second-order valence-electron chi connectivity index (χ2n) is 9.86. The highest BCUT2D eigenvalue weighted by molar-refractivity contribution is 6.11. The minimum absolute atomic E-state index is 0.0235. The quantitative estimate of drug-likeness (QED) is 0.220. The molecule has 2 nitrogen and oxygen atoms in total. The fourth-order valence-corrected chi connectivity index (χ4v) is 4.97. The van der Waals surface area contributed by atoms with Crippen molar-refractivity contribution in [3.63, 3.8) is 0 Å². The van der Waals surface area contributed by atoms with E-state index in [1.165, 1.54) is 0 Å². The predicted octanol–water partition coefficient (Wildman–Crippen LogP) is 8.35. The van der Waals surface area contributed by atoms with Gasteiger partial charge in [-0.25, -0.2) is 0 Å². The van der Waals surface area contributed by atoms with Crippen molar-refractivity contribution in [1.29, 1.82) is 0 Å². The van der Waals surface area contributed by atoms with Gasteiger partial charge in [0.2, 0.25) is 0 Å². The lowest BCUT2D eigenvalue weighted by Gasteiger charge is -2.09. The molecule has 0 atom stereocenters. The highest BCUT2D eigenvalue weighted by atomic mass is 16.1. The molecule has 0 aromatic heterocycles. The SMILES string of the molecule is Cc1ccc(C(=O)c2ccc3ccc(Cc4cccc(C(=O)c5ccc6ccccc6c5)c4)cc3c2)cc1. The van der Waals surface area contributed by atoms with E-state index in [0.717, 1.165) is 38.2 Å². The molecule has 0 aliphatic carbocycles. The number of carbonyl (C=O) groups excluding carboxylic acids is 2. The van der Waals surface area contributed by atoms with Crippen molar-refractivity contribution in [2.45, 2.75) is 13.3 Å². The van der Waals surface area contributed by atoms with Gasteiger partial charge in [-0.15, -0.1) is 0 Å². The minimum atomic E-state index is 0.0235. The molecule has 0 N–H and O–H groups in total. The molecule has 6 aromatic rings. The number of fused-ring (bicyclic) bond motifs is 2. The van der Waals surface area contributed by atoms with Crippen molar-refractivity contribution in [1.82, 2.24) is 0 Å². The van der Waals surface area contributed by atoms with Crippen LogP contribution in [0, 0.1) is 6.92 Å². The maximum atomic E-state index is 13.3. The van der Waals surface area contributed by atoms with E-state index in [4.69, 9.17) is 0 Å². The molecule has 182 valence electrons. The molecule has 6 rings (SSSR count). The Morgan fingerprint density at radius 3 is 1.76 bits per heavy atom. The van der Waals surface area contributed by atoms with Crippen molar-refractivity contribution in [3.8, 4) is 0 Å². The average molecular weight is 491 g/mol. The molecule has 0 aliphatic rings. The Kier molecular flexibility index (Phi) is 6.15. The normalized spacial score (nSPS) is 11.1. The first-order valence-corrected chi connectivity index (χ1v) is 12.8. The number of ketones is 2. The molecule has 0 saturated heterocycles. The van der Waals surface area contributed by atoms with Crippen LogP contribution in [-0.4, -0.2) is 11.6 Å². The fraction of sp³-hybridized carbons (Fsp3) is 0.0556. The van der Waals surface area contributed by atoms with E-state index in [1.54, 1.807) is 0 Å². The summed E-state index contributed by atoms with van der Waals surface area (Å²) in [7, 11) is 0. The largest absolute Gasteiger partial charge is 0.289 e. The van der Waals surface area contributed by atoms with E-state index >= 15 is 0 Å². The van der Waals surface area contributed by atoms with Gasteiger partial charge >= 0.3 is 0 Å². The number of aryl methyl sites for hydroxylation is 1. The van der Waals surface area contributed by atoms with Crippen LogP contribution in [0.1, 0.15) is 48.5 Å². The summed E-state index contributed by atoms with van der Waals surface area (Å²) >= 11 is 0. The summed E-state index contributed by atoms with van der Waals surface area (Å²) in [6.45, 7) is 2.01. The maximum absolute atomic E-state index is 13.3. The lowest BCUT2D eigenvalue weighted by atomic mass is 9.95. The smallest absolute Gasteiger partial charge is 0.193 e. The standard InChI is InChI=1S/C36H26O2/c1-24-9-12-29(13-10-24)35(37)33-18-16-28-14-11-26(21-34(28)23-33)19-25-5-4-8-31(20-25)36(38)32-17-15-27-6-2-3-7-30(27)22-32/h2-18,20-23H,19H2,1H3. The molecule has 0 heterocycles. The fourth-order valence-electron chi connectivity index (χ4n) is 4.97. The van der Waals surface area contributed by atoms with Crippen LogP contribution >= 0.6 is 0 Å². The number of carbonyl (C=O) groups is 2. The molecule has 0 saturated carbocycles. The highest BCUT2D eigenvalue weighted by Crippen LogP contribution is 2.23. The molecule has 0 unspecified atom stereocenters. The molecule has 38 heavy (non-hydrogen) atoms. The molecule has 0 amide bonds. The monoisotopic (exact) mass is 490 g/mol. The van der Waals surface area contributed by atoms with Crippen molar-refractivity contribution in [2.24, 2.45) is 0 Å². The molecule has 0 aliphatic heterocycles. The van der Waals surface area contributed by atoms with Gasteiger partial charge in [0.05, 0.1) is 0 Å². The van der Waals surface area contributed by atoms with Crippen molar-refractivity contribution in [2.75, 3.05) is 0 Å². The molecule has 0 bridgehead atoms. The third-order valence-electron chi connectivity index (χ3n) is 7.09. The third-order valence-corrected chi connectivity index (χ3v) is 7.09. The van der Waals surface area contributed by atoms with Gasteiger partial charge in [0, 0.05) is 22.3 Å². The average Bonchev–Trinajstić information content (AvgIpc) is 2.96. The Morgan fingerprint density at radius 1 is 0.447 bits per heavy atom. The summed E-state index contributed by atoms with van der Waals surface area (Å²) in [5.74, 6) is 0.0487. The van der Waals surface area contributed by atoms with Crippen LogP contribution in [0.4, 0.5) is 0 Å². The van der Waals surface area contributed by atoms with Crippen molar-refractivity contribution >= 4 is 33.1 Å². The Hall–Kier alpha value is -4.82. The van der Waals surface area contributed by atoms with Crippen LogP contribution in [-0.2, 0) is 6.42 Å². The van der Waals surface area contributed by atoms with Gasteiger partial charge in [0.15, 0.2) is 11.6 Å². The third kappa shape index (κ3) is 4.77. The van der Waals surface area contributed by atoms with Crippen molar-refractivity contribution < 1.29 is 9.59 Å². The van der Waals surface area contributed by atoms with Gasteiger partial charge in [-0.1, -0.05) is 115 Å². The van der Waals surface area contributed by atoms with Crippen molar-refractivity contribution in [3.05, 3.63) is 166 Å². The molecular weight excluding hydrogens is 464 g/mol. The number of benzene rings is 6. The zero-order valence-corrected chi connectivity index (χ0v) is 21.1. The van der Waals surface area contributed by atoms with Crippen LogP contribution in [0.3, 0.4) is 0 Å². The molecular formula is C36H26O2. The lowest BCUT2D eigenvalue weighted by molar-refractivity contribution is 0.103. The van der Waals surface area contributed by atoms with Crippen LogP contribution < -0.4 is 0 Å². The maximum Gasteiger partial charge on any atom is 0.193 e. The van der Waals surface area contributed by atoms with E-state index in [-0.39, 0.29) is 11.6 Å². The second-order valence-corrected chi connectivity index (χ2v) is 9.86. The van der Waals surface area contributed by atoms with Gasteiger partial charge in [-0.05, 0) is 64.2 Å².